The zero-order valence-electron chi connectivity index (χ0n) is 14.2. The molecule has 1 aliphatic carbocycles. The molecular weight excluding hydrogens is 322 g/mol. The maximum atomic E-state index is 12.7. The Hall–Kier alpha value is -0.910. The first-order valence-electron chi connectivity index (χ1n) is 9.25. The molecule has 1 aromatic heterocycles. The number of carbonyl (C=O) groups excluding carboxylic acids is 1. The van der Waals surface area contributed by atoms with Gasteiger partial charge in [0.1, 0.15) is 0 Å². The zero-order chi connectivity index (χ0) is 16.4. The Morgan fingerprint density at radius 1 is 1.42 bits per heavy atom. The number of hydrogen-bond donors (Lipinski definition) is 0. The summed E-state index contributed by atoms with van der Waals surface area (Å²) in [6.07, 6.45) is 6.57. The third-order valence-electron chi connectivity index (χ3n) is 5.69. The predicted octanol–water partition coefficient (Wildman–Crippen LogP) is 3.11. The van der Waals surface area contributed by atoms with Gasteiger partial charge in [0, 0.05) is 36.6 Å². The lowest BCUT2D eigenvalue weighted by atomic mass is 9.73. The minimum absolute atomic E-state index is 0.0104. The van der Waals surface area contributed by atoms with E-state index in [0.717, 1.165) is 63.0 Å². The van der Waals surface area contributed by atoms with E-state index in [0.29, 0.717) is 6.42 Å². The van der Waals surface area contributed by atoms with Crippen molar-refractivity contribution in [1.82, 2.24) is 4.90 Å². The van der Waals surface area contributed by atoms with Gasteiger partial charge in [-0.05, 0) is 49.5 Å². The highest BCUT2D eigenvalue weighted by Crippen LogP contribution is 2.41. The normalized spacial score (nSPS) is 30.2. The average Bonchev–Trinajstić information content (AvgIpc) is 3.28. The minimum atomic E-state index is 0.0104. The molecule has 2 saturated heterocycles. The van der Waals surface area contributed by atoms with Gasteiger partial charge in [0.25, 0.3) is 0 Å². The number of thiophene rings is 1. The van der Waals surface area contributed by atoms with Crippen LogP contribution < -0.4 is 0 Å². The fourth-order valence-electron chi connectivity index (χ4n) is 4.10. The van der Waals surface area contributed by atoms with Gasteiger partial charge in [-0.3, -0.25) is 4.79 Å². The number of likely N-dealkylation sites (tertiary alicyclic amines) is 1. The smallest absolute Gasteiger partial charge is 0.227 e. The van der Waals surface area contributed by atoms with E-state index in [1.54, 1.807) is 11.3 Å². The summed E-state index contributed by atoms with van der Waals surface area (Å²) in [5.74, 6) is 1.03. The molecule has 132 valence electrons. The summed E-state index contributed by atoms with van der Waals surface area (Å²) in [4.78, 5) is 15.9. The average molecular weight is 349 g/mol. The Labute approximate surface area is 148 Å². The molecule has 0 aromatic carbocycles. The van der Waals surface area contributed by atoms with E-state index in [9.17, 15) is 4.79 Å². The Balaban J connectivity index is 1.40. The largest absolute Gasteiger partial charge is 0.380 e. The Morgan fingerprint density at radius 3 is 3.12 bits per heavy atom. The van der Waals surface area contributed by atoms with E-state index < -0.39 is 0 Å². The van der Waals surface area contributed by atoms with Crippen molar-refractivity contribution in [3.05, 3.63) is 22.4 Å². The number of amides is 1. The number of ether oxygens (including phenoxy) is 2. The molecule has 1 amide bonds. The third kappa shape index (κ3) is 3.68. The molecule has 0 bridgehead atoms. The molecule has 3 fully saturated rings. The molecule has 5 heteroatoms. The summed E-state index contributed by atoms with van der Waals surface area (Å²) in [6, 6.07) is 4.06. The molecule has 24 heavy (non-hydrogen) atoms. The third-order valence-corrected chi connectivity index (χ3v) is 6.56. The van der Waals surface area contributed by atoms with Gasteiger partial charge in [0.15, 0.2) is 0 Å². The van der Waals surface area contributed by atoms with Crippen molar-refractivity contribution in [3.63, 3.8) is 0 Å². The lowest BCUT2D eigenvalue weighted by Gasteiger charge is -2.50. The highest BCUT2D eigenvalue weighted by molar-refractivity contribution is 7.10. The summed E-state index contributed by atoms with van der Waals surface area (Å²) < 4.78 is 12.2. The molecule has 1 aromatic rings. The monoisotopic (exact) mass is 349 g/mol. The van der Waals surface area contributed by atoms with Gasteiger partial charge < -0.3 is 14.4 Å². The van der Waals surface area contributed by atoms with E-state index in [1.165, 1.54) is 12.8 Å². The van der Waals surface area contributed by atoms with Crippen LogP contribution >= 0.6 is 11.3 Å². The van der Waals surface area contributed by atoms with Crippen LogP contribution in [0.15, 0.2) is 17.5 Å². The van der Waals surface area contributed by atoms with E-state index in [-0.39, 0.29) is 17.4 Å². The Morgan fingerprint density at radius 2 is 2.33 bits per heavy atom. The molecule has 0 radical (unpaired) electrons. The summed E-state index contributed by atoms with van der Waals surface area (Å²) in [6.45, 7) is 4.11. The molecule has 4 rings (SSSR count). The van der Waals surface area contributed by atoms with Gasteiger partial charge in [-0.1, -0.05) is 6.07 Å². The fraction of sp³-hybridized carbons (Fsp3) is 0.737. The predicted molar refractivity (Wildman–Crippen MR) is 94.2 cm³/mol. The molecule has 0 unspecified atom stereocenters. The van der Waals surface area contributed by atoms with E-state index in [1.807, 2.05) is 17.5 Å². The topological polar surface area (TPSA) is 38.8 Å². The van der Waals surface area contributed by atoms with Gasteiger partial charge >= 0.3 is 0 Å². The minimum Gasteiger partial charge on any atom is -0.380 e. The van der Waals surface area contributed by atoms with Gasteiger partial charge in [0.05, 0.1) is 19.1 Å². The second-order valence-corrected chi connectivity index (χ2v) is 8.68. The van der Waals surface area contributed by atoms with Crippen LogP contribution in [0, 0.1) is 11.3 Å². The number of nitrogens with zero attached hydrogens (tertiary/aromatic N) is 1. The standard InChI is InChI=1S/C19H27NO3S/c21-18(11-16-3-1-10-24-16)20-8-6-17-19(13-20,7-2-9-23-17)14-22-12-15-4-5-15/h1,3,10,15,17H,2,4-9,11-14H2/t17-,19-/m0/s1. The Kier molecular flexibility index (Phi) is 4.93. The molecule has 2 atom stereocenters. The quantitative estimate of drug-likeness (QED) is 0.792. The maximum absolute atomic E-state index is 12.7. The number of fused-ring (bicyclic) bond motifs is 1. The van der Waals surface area contributed by atoms with E-state index in [2.05, 4.69) is 4.90 Å². The van der Waals surface area contributed by atoms with Gasteiger partial charge in [-0.2, -0.15) is 0 Å². The molecule has 1 saturated carbocycles. The van der Waals surface area contributed by atoms with Crippen LogP contribution in [-0.4, -0.2) is 49.8 Å². The summed E-state index contributed by atoms with van der Waals surface area (Å²) in [5, 5.41) is 2.04. The second-order valence-electron chi connectivity index (χ2n) is 7.64. The lowest BCUT2D eigenvalue weighted by molar-refractivity contribution is -0.164. The molecule has 2 aliphatic heterocycles. The van der Waals surface area contributed by atoms with Crippen molar-refractivity contribution in [2.75, 3.05) is 32.9 Å². The highest BCUT2D eigenvalue weighted by atomic mass is 32.1. The van der Waals surface area contributed by atoms with Gasteiger partial charge in [0.2, 0.25) is 5.91 Å². The number of carbonyl (C=O) groups is 1. The van der Waals surface area contributed by atoms with Gasteiger partial charge in [-0.25, -0.2) is 0 Å². The molecule has 0 N–H and O–H groups in total. The van der Waals surface area contributed by atoms with Crippen molar-refractivity contribution in [1.29, 1.82) is 0 Å². The molecule has 3 heterocycles. The maximum Gasteiger partial charge on any atom is 0.227 e. The SMILES string of the molecule is O=C(Cc1cccs1)N1CC[C@@H]2OCCC[C@@]2(COCC2CC2)C1. The van der Waals surface area contributed by atoms with Crippen LogP contribution in [-0.2, 0) is 20.7 Å². The fourth-order valence-corrected chi connectivity index (χ4v) is 4.80. The highest BCUT2D eigenvalue weighted by Gasteiger charge is 2.47. The number of piperidine rings is 1. The van der Waals surface area contributed by atoms with Crippen LogP contribution in [0.3, 0.4) is 0 Å². The summed E-state index contributed by atoms with van der Waals surface area (Å²) >= 11 is 1.66. The van der Waals surface area contributed by atoms with Crippen molar-refractivity contribution < 1.29 is 14.3 Å². The van der Waals surface area contributed by atoms with E-state index in [4.69, 9.17) is 9.47 Å². The zero-order valence-corrected chi connectivity index (χ0v) is 15.1. The van der Waals surface area contributed by atoms with Crippen LogP contribution in [0.4, 0.5) is 0 Å². The molecule has 0 spiro atoms. The molecule has 4 nitrogen and oxygen atoms in total. The van der Waals surface area contributed by atoms with Crippen LogP contribution in [0.2, 0.25) is 0 Å². The second kappa shape index (κ2) is 7.14. The number of rotatable bonds is 6. The van der Waals surface area contributed by atoms with Crippen molar-refractivity contribution in [2.45, 2.75) is 44.6 Å². The van der Waals surface area contributed by atoms with Crippen LogP contribution in [0.25, 0.3) is 0 Å². The van der Waals surface area contributed by atoms with Crippen LogP contribution in [0.5, 0.6) is 0 Å². The first kappa shape index (κ1) is 16.6. The Bertz CT molecular complexity index is 557. The van der Waals surface area contributed by atoms with Crippen LogP contribution in [0.1, 0.15) is 37.0 Å². The summed E-state index contributed by atoms with van der Waals surface area (Å²) in [5.41, 5.74) is 0.0104. The van der Waals surface area contributed by atoms with Crippen molar-refractivity contribution >= 4 is 17.2 Å². The van der Waals surface area contributed by atoms with Crippen molar-refractivity contribution in [3.8, 4) is 0 Å². The first-order chi connectivity index (χ1) is 11.8. The van der Waals surface area contributed by atoms with E-state index >= 15 is 0 Å². The lowest BCUT2D eigenvalue weighted by Crippen LogP contribution is -2.58. The molecule has 3 aliphatic rings. The van der Waals surface area contributed by atoms with Crippen molar-refractivity contribution in [2.24, 2.45) is 11.3 Å². The molecular formula is C19H27NO3S. The van der Waals surface area contributed by atoms with Gasteiger partial charge in [-0.15, -0.1) is 11.3 Å². The first-order valence-corrected chi connectivity index (χ1v) is 10.1. The summed E-state index contributed by atoms with van der Waals surface area (Å²) in [7, 11) is 0. The number of hydrogen-bond acceptors (Lipinski definition) is 4.